The van der Waals surface area contributed by atoms with Crippen molar-refractivity contribution in [3.05, 3.63) is 30.0 Å². The molecule has 2 aromatic rings. The van der Waals surface area contributed by atoms with Crippen LogP contribution in [0.4, 0.5) is 0 Å². The maximum atomic E-state index is 13.5. The maximum absolute atomic E-state index is 13.5. The highest BCUT2D eigenvalue weighted by atomic mass is 16.7. The van der Waals surface area contributed by atoms with Crippen LogP contribution in [0, 0.1) is 11.8 Å². The van der Waals surface area contributed by atoms with Gasteiger partial charge in [-0.2, -0.15) is 0 Å². The fourth-order valence-corrected chi connectivity index (χ4v) is 4.72. The van der Waals surface area contributed by atoms with E-state index in [1.165, 1.54) is 0 Å². The van der Waals surface area contributed by atoms with Crippen LogP contribution in [0.1, 0.15) is 43.6 Å². The molecule has 13 nitrogen and oxygen atoms in total. The number of hydrogen-bond acceptors (Lipinski definition) is 9. The number of esters is 1. The van der Waals surface area contributed by atoms with Crippen molar-refractivity contribution in [2.24, 2.45) is 11.8 Å². The van der Waals surface area contributed by atoms with Gasteiger partial charge in [-0.1, -0.05) is 19.9 Å². The summed E-state index contributed by atoms with van der Waals surface area (Å²) in [5.74, 6) is -2.05. The van der Waals surface area contributed by atoms with Crippen molar-refractivity contribution in [1.82, 2.24) is 25.8 Å². The molecule has 0 aliphatic carbocycles. The molecule has 0 spiro atoms. The largest absolute Gasteiger partial charge is 0.496 e. The van der Waals surface area contributed by atoms with E-state index >= 15 is 0 Å². The maximum Gasteiger partial charge on any atom is 0.322 e. The average molecular weight is 588 g/mol. The van der Waals surface area contributed by atoms with Crippen LogP contribution in [0.25, 0.3) is 10.9 Å². The fraction of sp³-hybridized carbons (Fsp3) is 0.552. The molecule has 4 N–H and O–H groups in total. The zero-order chi connectivity index (χ0) is 30.8. The summed E-state index contributed by atoms with van der Waals surface area (Å²) >= 11 is 0. The second-order valence-corrected chi connectivity index (χ2v) is 11.0. The first kappa shape index (κ1) is 32.5. The molecule has 1 aliphatic heterocycles. The van der Waals surface area contributed by atoms with Crippen LogP contribution in [-0.2, 0) is 28.7 Å². The number of carbonyl (C=O) groups is 5. The quantitative estimate of drug-likeness (QED) is 0.127. The molecule has 230 valence electrons. The second kappa shape index (κ2) is 15.3. The van der Waals surface area contributed by atoms with Crippen molar-refractivity contribution in [1.29, 1.82) is 0 Å². The van der Waals surface area contributed by atoms with Crippen molar-refractivity contribution < 1.29 is 38.2 Å². The Kier molecular flexibility index (Phi) is 11.9. The molecule has 1 aliphatic rings. The zero-order valence-electron chi connectivity index (χ0n) is 24.8. The number of ketones is 1. The molecule has 0 bridgehead atoms. The summed E-state index contributed by atoms with van der Waals surface area (Å²) in [6, 6.07) is 5.05. The van der Waals surface area contributed by atoms with Crippen LogP contribution in [0.3, 0.4) is 0 Å². The number of aromatic nitrogens is 1. The van der Waals surface area contributed by atoms with Crippen molar-refractivity contribution >= 4 is 40.4 Å². The van der Waals surface area contributed by atoms with Crippen LogP contribution < -0.4 is 20.7 Å². The van der Waals surface area contributed by atoms with Crippen LogP contribution in [0.5, 0.6) is 5.75 Å². The van der Waals surface area contributed by atoms with Crippen molar-refractivity contribution in [3.63, 3.8) is 0 Å². The minimum Gasteiger partial charge on any atom is -0.496 e. The molecule has 0 radical (unpaired) electrons. The number of methoxy groups -OCH3 is 1. The Morgan fingerprint density at radius 3 is 2.52 bits per heavy atom. The van der Waals surface area contributed by atoms with E-state index in [9.17, 15) is 24.0 Å². The summed E-state index contributed by atoms with van der Waals surface area (Å²) < 4.78 is 15.6. The minimum atomic E-state index is -1.05. The van der Waals surface area contributed by atoms with Gasteiger partial charge in [-0.25, -0.2) is 0 Å². The van der Waals surface area contributed by atoms with Crippen LogP contribution in [-0.4, -0.2) is 99.1 Å². The van der Waals surface area contributed by atoms with E-state index in [2.05, 4.69) is 20.9 Å². The summed E-state index contributed by atoms with van der Waals surface area (Å²) in [4.78, 5) is 68.4. The predicted octanol–water partition coefficient (Wildman–Crippen LogP) is 0.980. The van der Waals surface area contributed by atoms with Gasteiger partial charge in [-0.15, -0.1) is 0 Å². The molecule has 3 amide bonds. The molecule has 3 atom stereocenters. The molecule has 2 heterocycles. The van der Waals surface area contributed by atoms with E-state index in [-0.39, 0.29) is 30.5 Å². The first-order chi connectivity index (χ1) is 20.0. The van der Waals surface area contributed by atoms with Gasteiger partial charge in [-0.05, 0) is 57.5 Å². The molecule has 0 unspecified atom stereocenters. The molecule has 1 aromatic heterocycles. The number of rotatable bonds is 16. The number of fused-ring (bicyclic) bond motifs is 1. The second-order valence-electron chi connectivity index (χ2n) is 11.0. The number of likely N-dealkylation sites (N-methyl/N-ethyl adjacent to an activating group) is 1. The number of carbonyl (C=O) groups excluding carboxylic acids is 5. The molecule has 0 saturated carbocycles. The highest BCUT2D eigenvalue weighted by Crippen LogP contribution is 2.26. The van der Waals surface area contributed by atoms with Gasteiger partial charge in [0.2, 0.25) is 11.8 Å². The third-order valence-electron chi connectivity index (χ3n) is 6.80. The topological polar surface area (TPSA) is 168 Å². The summed E-state index contributed by atoms with van der Waals surface area (Å²) in [6.07, 6.45) is 0.909. The third-order valence-corrected chi connectivity index (χ3v) is 6.80. The number of Topliss-reactive ketones (excluding diaryl/α,β-unsaturated/α-hetero) is 1. The van der Waals surface area contributed by atoms with E-state index in [0.29, 0.717) is 30.7 Å². The highest BCUT2D eigenvalue weighted by Gasteiger charge is 2.33. The van der Waals surface area contributed by atoms with Crippen LogP contribution in [0.2, 0.25) is 0 Å². The molecule has 1 aromatic carbocycles. The van der Waals surface area contributed by atoms with Gasteiger partial charge in [0, 0.05) is 23.4 Å². The summed E-state index contributed by atoms with van der Waals surface area (Å²) in [6.45, 7) is 3.51. The smallest absolute Gasteiger partial charge is 0.322 e. The van der Waals surface area contributed by atoms with Crippen molar-refractivity contribution in [3.8, 4) is 5.75 Å². The lowest BCUT2D eigenvalue weighted by atomic mass is 9.95. The van der Waals surface area contributed by atoms with E-state index < -0.39 is 55.0 Å². The number of amides is 3. The average Bonchev–Trinajstić information content (AvgIpc) is 3.55. The molecule has 42 heavy (non-hydrogen) atoms. The SMILES string of the molecule is COc1cccc2[nH]c(C(=O)N[C@@H](CC(C)C)C(=O)N[C@@H](C[C@@H]3CCNC3=O)C(=O)COCOC(=O)CN(C)C)cc12. The lowest BCUT2D eigenvalue weighted by Crippen LogP contribution is -2.53. The van der Waals surface area contributed by atoms with E-state index in [0.717, 1.165) is 5.39 Å². The fourth-order valence-electron chi connectivity index (χ4n) is 4.72. The Bertz CT molecular complexity index is 1270. The summed E-state index contributed by atoms with van der Waals surface area (Å²) in [7, 11) is 4.97. The minimum absolute atomic E-state index is 0.0406. The molecule has 1 fully saturated rings. The Morgan fingerprint density at radius 1 is 1.12 bits per heavy atom. The van der Waals surface area contributed by atoms with Crippen molar-refractivity contribution in [2.75, 3.05) is 47.7 Å². The summed E-state index contributed by atoms with van der Waals surface area (Å²) in [5.41, 5.74) is 0.959. The number of hydrogen-bond donors (Lipinski definition) is 4. The Balaban J connectivity index is 1.70. The predicted molar refractivity (Wildman–Crippen MR) is 154 cm³/mol. The molecule has 13 heteroatoms. The lowest BCUT2D eigenvalue weighted by molar-refractivity contribution is -0.159. The molecule has 3 rings (SSSR count). The van der Waals surface area contributed by atoms with Gasteiger partial charge >= 0.3 is 5.97 Å². The molecule has 1 saturated heterocycles. The van der Waals surface area contributed by atoms with Gasteiger partial charge in [-0.3, -0.25) is 28.9 Å². The van der Waals surface area contributed by atoms with Crippen LogP contribution >= 0.6 is 0 Å². The van der Waals surface area contributed by atoms with E-state index in [1.54, 1.807) is 44.3 Å². The highest BCUT2D eigenvalue weighted by molar-refractivity contribution is 6.02. The first-order valence-corrected chi connectivity index (χ1v) is 13.9. The van der Waals surface area contributed by atoms with Gasteiger partial charge in [0.15, 0.2) is 12.6 Å². The van der Waals surface area contributed by atoms with Crippen LogP contribution in [0.15, 0.2) is 24.3 Å². The van der Waals surface area contributed by atoms with Gasteiger partial charge in [0.1, 0.15) is 24.1 Å². The van der Waals surface area contributed by atoms with E-state index in [4.69, 9.17) is 14.2 Å². The lowest BCUT2D eigenvalue weighted by Gasteiger charge is -2.25. The van der Waals surface area contributed by atoms with Gasteiger partial charge in [0.25, 0.3) is 5.91 Å². The third kappa shape index (κ3) is 9.28. The number of nitrogens with zero attached hydrogens (tertiary/aromatic N) is 1. The Labute approximate surface area is 245 Å². The number of ether oxygens (including phenoxy) is 3. The first-order valence-electron chi connectivity index (χ1n) is 13.9. The summed E-state index contributed by atoms with van der Waals surface area (Å²) in [5, 5.41) is 8.98. The van der Waals surface area contributed by atoms with Crippen molar-refractivity contribution in [2.45, 2.75) is 45.2 Å². The standard InChI is InChI=1S/C29H41N5O8/c1-17(2)11-22(33-29(39)23-13-19-20(31-23)7-6-8-25(19)40-5)28(38)32-21(12-18-9-10-30-27(18)37)24(35)15-41-16-42-26(36)14-34(3)4/h6-8,13,17-18,21-22,31H,9-12,14-16H2,1-5H3,(H,30,37)(H,32,38)(H,33,39)/t18-,21-,22-/m0/s1. The Morgan fingerprint density at radius 2 is 1.88 bits per heavy atom. The van der Waals surface area contributed by atoms with Gasteiger partial charge < -0.3 is 35.1 Å². The number of nitrogens with one attached hydrogen (secondary N) is 4. The number of benzene rings is 1. The monoisotopic (exact) mass is 587 g/mol. The molecular weight excluding hydrogens is 546 g/mol. The van der Waals surface area contributed by atoms with Gasteiger partial charge in [0.05, 0.1) is 19.7 Å². The van der Waals surface area contributed by atoms with E-state index in [1.807, 2.05) is 19.9 Å². The number of aromatic amines is 1. The normalized spacial score (nSPS) is 16.3. The number of H-pyrrole nitrogens is 1. The zero-order valence-corrected chi connectivity index (χ0v) is 24.8. The molecular formula is C29H41N5O8. The Hall–Kier alpha value is -3.97.